The molecule has 0 spiro atoms. The zero-order chi connectivity index (χ0) is 13.0. The van der Waals surface area contributed by atoms with Gasteiger partial charge in [0.05, 0.1) is 5.69 Å². The second-order valence-electron chi connectivity index (χ2n) is 4.41. The Kier molecular flexibility index (Phi) is 9.92. The summed E-state index contributed by atoms with van der Waals surface area (Å²) in [6.45, 7) is 7.30. The van der Waals surface area contributed by atoms with E-state index in [0.717, 1.165) is 17.9 Å². The maximum Gasteiger partial charge on any atom is 0.246 e. The zero-order valence-electron chi connectivity index (χ0n) is 12.1. The molecule has 0 aliphatic heterocycles. The van der Waals surface area contributed by atoms with Gasteiger partial charge in [-0.25, -0.2) is 0 Å². The lowest BCUT2D eigenvalue weighted by atomic mass is 10.3. The minimum Gasteiger partial charge on any atom is -0.343 e. The fourth-order valence-corrected chi connectivity index (χ4v) is 1.85. The van der Waals surface area contributed by atoms with E-state index in [0.29, 0.717) is 6.54 Å². The molecule has 0 saturated heterocycles. The summed E-state index contributed by atoms with van der Waals surface area (Å²) in [4.78, 5) is 13.9. The molecule has 1 unspecified atom stereocenters. The van der Waals surface area contributed by atoms with Gasteiger partial charge < -0.3 is 10.2 Å². The van der Waals surface area contributed by atoms with E-state index in [-0.39, 0.29) is 36.8 Å². The van der Waals surface area contributed by atoms with Crippen molar-refractivity contribution in [3.63, 3.8) is 0 Å². The van der Waals surface area contributed by atoms with Crippen molar-refractivity contribution in [1.29, 1.82) is 0 Å². The summed E-state index contributed by atoms with van der Waals surface area (Å²) >= 11 is 0. The number of aryl methyl sites for hydroxylation is 2. The quantitative estimate of drug-likeness (QED) is 0.898. The van der Waals surface area contributed by atoms with Gasteiger partial charge in [0.15, 0.2) is 0 Å². The van der Waals surface area contributed by atoms with Crippen molar-refractivity contribution in [3.8, 4) is 0 Å². The van der Waals surface area contributed by atoms with Crippen molar-refractivity contribution < 1.29 is 4.79 Å². The molecule has 19 heavy (non-hydrogen) atoms. The number of nitrogens with zero attached hydrogens (tertiary/aromatic N) is 3. The van der Waals surface area contributed by atoms with Gasteiger partial charge in [-0.3, -0.25) is 9.48 Å². The van der Waals surface area contributed by atoms with Crippen LogP contribution in [0, 0.1) is 13.8 Å². The number of aromatic nitrogens is 2. The molecule has 0 aliphatic rings. The first-order chi connectivity index (χ1) is 7.97. The van der Waals surface area contributed by atoms with E-state index in [2.05, 4.69) is 10.4 Å². The Morgan fingerprint density at radius 1 is 1.47 bits per heavy atom. The van der Waals surface area contributed by atoms with E-state index in [1.807, 2.05) is 40.9 Å². The van der Waals surface area contributed by atoms with Crippen molar-refractivity contribution in [2.75, 3.05) is 27.2 Å². The van der Waals surface area contributed by atoms with Crippen LogP contribution in [0.4, 0.5) is 0 Å². The molecule has 112 valence electrons. The standard InChI is InChI=1S/C12H22N4O.2ClH/c1-9-8-10(2)16(14-9)11(3)12(17)15(5)7-6-13-4;;/h8,11,13H,6-7H2,1-5H3;2*1H. The van der Waals surface area contributed by atoms with Crippen LogP contribution in [-0.4, -0.2) is 47.8 Å². The highest BCUT2D eigenvalue weighted by Crippen LogP contribution is 2.12. The number of hydrogen-bond acceptors (Lipinski definition) is 3. The predicted molar refractivity (Wildman–Crippen MR) is 82.5 cm³/mol. The fraction of sp³-hybridized carbons (Fsp3) is 0.667. The highest BCUT2D eigenvalue weighted by atomic mass is 35.5. The molecule has 5 nitrogen and oxygen atoms in total. The number of likely N-dealkylation sites (N-methyl/N-ethyl adjacent to an activating group) is 2. The van der Waals surface area contributed by atoms with Crippen molar-refractivity contribution in [1.82, 2.24) is 20.0 Å². The van der Waals surface area contributed by atoms with Gasteiger partial charge in [-0.15, -0.1) is 24.8 Å². The van der Waals surface area contributed by atoms with Crippen molar-refractivity contribution >= 4 is 30.7 Å². The van der Waals surface area contributed by atoms with Gasteiger partial charge in [-0.05, 0) is 33.9 Å². The van der Waals surface area contributed by atoms with E-state index >= 15 is 0 Å². The smallest absolute Gasteiger partial charge is 0.246 e. The van der Waals surface area contributed by atoms with Gasteiger partial charge >= 0.3 is 0 Å². The number of halogens is 2. The SMILES string of the molecule is CNCCN(C)C(=O)C(C)n1nc(C)cc1C.Cl.Cl. The van der Waals surface area contributed by atoms with Crippen LogP contribution in [0.5, 0.6) is 0 Å². The minimum atomic E-state index is -0.245. The van der Waals surface area contributed by atoms with Crippen molar-refractivity contribution in [2.24, 2.45) is 0 Å². The van der Waals surface area contributed by atoms with Crippen LogP contribution < -0.4 is 5.32 Å². The number of carbonyl (C=O) groups is 1. The molecule has 1 heterocycles. The molecular weight excluding hydrogens is 287 g/mol. The van der Waals surface area contributed by atoms with E-state index in [9.17, 15) is 4.79 Å². The van der Waals surface area contributed by atoms with Gasteiger partial charge in [0, 0.05) is 25.8 Å². The van der Waals surface area contributed by atoms with Gasteiger partial charge in [-0.1, -0.05) is 0 Å². The Morgan fingerprint density at radius 2 is 2.05 bits per heavy atom. The molecule has 0 bridgehead atoms. The highest BCUT2D eigenvalue weighted by Gasteiger charge is 2.20. The summed E-state index contributed by atoms with van der Waals surface area (Å²) in [6.07, 6.45) is 0. The molecule has 1 aromatic heterocycles. The molecule has 0 fully saturated rings. The number of carbonyl (C=O) groups excluding carboxylic acids is 1. The topological polar surface area (TPSA) is 50.2 Å². The molecule has 1 atom stereocenters. The summed E-state index contributed by atoms with van der Waals surface area (Å²) in [7, 11) is 3.70. The van der Waals surface area contributed by atoms with E-state index in [1.54, 1.807) is 9.58 Å². The van der Waals surface area contributed by atoms with Gasteiger partial charge in [0.25, 0.3) is 0 Å². The Morgan fingerprint density at radius 3 is 2.47 bits per heavy atom. The summed E-state index contributed by atoms with van der Waals surface area (Å²) in [6, 6.07) is 1.74. The number of hydrogen-bond donors (Lipinski definition) is 1. The Hall–Kier alpha value is -0.780. The third-order valence-corrected chi connectivity index (χ3v) is 2.84. The highest BCUT2D eigenvalue weighted by molar-refractivity contribution is 5.85. The summed E-state index contributed by atoms with van der Waals surface area (Å²) in [5.41, 5.74) is 1.96. The molecule has 1 rings (SSSR count). The fourth-order valence-electron chi connectivity index (χ4n) is 1.85. The summed E-state index contributed by atoms with van der Waals surface area (Å²) in [5, 5.41) is 7.38. The van der Waals surface area contributed by atoms with Gasteiger partial charge in [0.2, 0.25) is 5.91 Å². The average Bonchev–Trinajstić information content (AvgIpc) is 2.63. The summed E-state index contributed by atoms with van der Waals surface area (Å²) < 4.78 is 1.79. The molecule has 1 amide bonds. The van der Waals surface area contributed by atoms with E-state index in [1.165, 1.54) is 0 Å². The zero-order valence-corrected chi connectivity index (χ0v) is 13.8. The molecule has 0 radical (unpaired) electrons. The lowest BCUT2D eigenvalue weighted by molar-refractivity contribution is -0.133. The van der Waals surface area contributed by atoms with Crippen LogP contribution >= 0.6 is 24.8 Å². The average molecular weight is 311 g/mol. The third-order valence-electron chi connectivity index (χ3n) is 2.84. The monoisotopic (exact) mass is 310 g/mol. The van der Waals surface area contributed by atoms with Crippen LogP contribution in [0.3, 0.4) is 0 Å². The second-order valence-corrected chi connectivity index (χ2v) is 4.41. The lowest BCUT2D eigenvalue weighted by Crippen LogP contribution is -2.37. The molecule has 0 aliphatic carbocycles. The number of nitrogens with one attached hydrogen (secondary N) is 1. The summed E-state index contributed by atoms with van der Waals surface area (Å²) in [5.74, 6) is 0.0893. The number of rotatable bonds is 5. The van der Waals surface area contributed by atoms with Crippen LogP contribution in [0.15, 0.2) is 6.07 Å². The molecule has 1 N–H and O–H groups in total. The first-order valence-corrected chi connectivity index (χ1v) is 5.89. The number of amides is 1. The second kappa shape index (κ2) is 9.18. The first-order valence-electron chi connectivity index (χ1n) is 5.89. The first kappa shape index (κ1) is 20.5. The lowest BCUT2D eigenvalue weighted by Gasteiger charge is -2.22. The van der Waals surface area contributed by atoms with E-state index in [4.69, 9.17) is 0 Å². The minimum absolute atomic E-state index is 0. The van der Waals surface area contributed by atoms with Crippen molar-refractivity contribution in [2.45, 2.75) is 26.8 Å². The molecule has 0 aromatic carbocycles. The Labute approximate surface area is 127 Å². The Balaban J connectivity index is 0. The van der Waals surface area contributed by atoms with Crippen LogP contribution in [-0.2, 0) is 4.79 Å². The molecule has 1 aromatic rings. The van der Waals surface area contributed by atoms with Crippen LogP contribution in [0.25, 0.3) is 0 Å². The maximum absolute atomic E-state index is 12.1. The van der Waals surface area contributed by atoms with Gasteiger partial charge in [-0.2, -0.15) is 5.10 Å². The molecule has 7 heteroatoms. The largest absolute Gasteiger partial charge is 0.343 e. The van der Waals surface area contributed by atoms with Crippen molar-refractivity contribution in [3.05, 3.63) is 17.5 Å². The molecular formula is C12H24Cl2N4O. The predicted octanol–water partition coefficient (Wildman–Crippen LogP) is 1.58. The maximum atomic E-state index is 12.1. The Bertz CT molecular complexity index is 395. The van der Waals surface area contributed by atoms with E-state index < -0.39 is 0 Å². The van der Waals surface area contributed by atoms with Crippen LogP contribution in [0.2, 0.25) is 0 Å². The molecule has 0 saturated carbocycles. The third kappa shape index (κ3) is 5.38. The normalized spacial score (nSPS) is 11.2. The van der Waals surface area contributed by atoms with Crippen LogP contribution in [0.1, 0.15) is 24.4 Å². The van der Waals surface area contributed by atoms with Gasteiger partial charge in [0.1, 0.15) is 6.04 Å².